The van der Waals surface area contributed by atoms with Crippen molar-refractivity contribution < 1.29 is 97.4 Å². The Balaban J connectivity index is 1.23. The van der Waals surface area contributed by atoms with Crippen LogP contribution in [-0.2, 0) is 87.5 Å². The first-order chi connectivity index (χ1) is 51.7. The number of likely N-dealkylation sites (tertiary alicyclic amines) is 1. The van der Waals surface area contributed by atoms with Gasteiger partial charge in [0, 0.05) is 87.9 Å². The first-order valence-electron chi connectivity index (χ1n) is 38.1. The maximum Gasteiger partial charge on any atom is 0.422 e. The van der Waals surface area contributed by atoms with Crippen molar-refractivity contribution >= 4 is 70.9 Å². The molecular weight excluding hydrogens is 1450 g/mol. The molecule has 0 aromatic heterocycles. The number of carbonyl (C=O) groups is 12. The third-order valence-electron chi connectivity index (χ3n) is 22.7. The van der Waals surface area contributed by atoms with E-state index in [4.69, 9.17) is 4.74 Å². The van der Waals surface area contributed by atoms with Crippen molar-refractivity contribution in [1.82, 2.24) is 60.0 Å². The van der Waals surface area contributed by atoms with Crippen LogP contribution in [0.4, 0.5) is 35.1 Å². The van der Waals surface area contributed by atoms with Gasteiger partial charge >= 0.3 is 12.4 Å². The molecule has 0 unspecified atom stereocenters. The molecule has 2 aromatic carbocycles. The van der Waals surface area contributed by atoms with E-state index in [1.807, 2.05) is 13.8 Å². The molecule has 12 amide bonds. The summed E-state index contributed by atoms with van der Waals surface area (Å²) in [7, 11) is 7.93. The molecule has 2 saturated carbocycles. The molecule has 2 bridgehead atoms. The highest BCUT2D eigenvalue weighted by Gasteiger charge is 2.54. The SMILES string of the molecule is CCO[C@@H]1C[C@H]2C(=O)NC3(CCC3)C(=O)N(C)[C@@H](C3CCCC3)C(=O)N(C)[C@H](C(=O)N3CCCC3)CC(=O)N(C)[C@@H](CC(C)C)C(=O)N[C@@H]([C@@H](C)CC)C(=O)N(C)CC(=O)N(C)[C@@H]3C/C=C\CCN(C3=O)[C@@H](Cc3ccc(C(F)(F)F)cc3)C(=O)N(C)CC(=O)N[C@@H](CCc3cc(F)c(C(F)(F)F)c(F)c3)C(=O)N2C1. The lowest BCUT2D eigenvalue weighted by Crippen LogP contribution is -2.68. The fourth-order valence-electron chi connectivity index (χ4n) is 15.9. The van der Waals surface area contributed by atoms with Crippen molar-refractivity contribution in [3.8, 4) is 0 Å². The molecule has 5 fully saturated rings. The summed E-state index contributed by atoms with van der Waals surface area (Å²) in [6.07, 6.45) is -6.02. The highest BCUT2D eigenvalue weighted by Crippen LogP contribution is 2.40. The minimum atomic E-state index is -5.46. The van der Waals surface area contributed by atoms with E-state index in [1.54, 1.807) is 37.8 Å². The third-order valence-corrected chi connectivity index (χ3v) is 22.7. The second-order valence-electron chi connectivity index (χ2n) is 30.8. The van der Waals surface area contributed by atoms with Crippen molar-refractivity contribution in [2.75, 3.05) is 88.2 Å². The van der Waals surface area contributed by atoms with Gasteiger partial charge in [-0.3, -0.25) is 57.5 Å². The first kappa shape index (κ1) is 86.8. The molecule has 2 aromatic rings. The zero-order chi connectivity index (χ0) is 81.2. The van der Waals surface area contributed by atoms with Gasteiger partial charge < -0.3 is 64.8 Å². The van der Waals surface area contributed by atoms with Gasteiger partial charge in [0.1, 0.15) is 71.1 Å². The van der Waals surface area contributed by atoms with Gasteiger partial charge in [0.05, 0.1) is 31.2 Å². The highest BCUT2D eigenvalue weighted by molar-refractivity contribution is 6.01. The largest absolute Gasteiger partial charge is 0.422 e. The summed E-state index contributed by atoms with van der Waals surface area (Å²) >= 11 is 0. The Morgan fingerprint density at radius 3 is 1.84 bits per heavy atom. The molecule has 2 aliphatic carbocycles. The molecule has 3 saturated heterocycles. The highest BCUT2D eigenvalue weighted by atomic mass is 19.4. The topological polar surface area (TPSA) is 279 Å². The van der Waals surface area contributed by atoms with Gasteiger partial charge in [0.15, 0.2) is 0 Å². The van der Waals surface area contributed by atoms with Crippen molar-refractivity contribution in [3.63, 3.8) is 0 Å². The first-order valence-corrected chi connectivity index (χ1v) is 38.1. The molecule has 33 heteroatoms. The Kier molecular flexibility index (Phi) is 29.2. The molecule has 8 rings (SSSR count). The Morgan fingerprint density at radius 2 is 1.26 bits per heavy atom. The van der Waals surface area contributed by atoms with Gasteiger partial charge in [-0.05, 0) is 137 Å². The molecule has 25 nitrogen and oxygen atoms in total. The third kappa shape index (κ3) is 20.5. The average Bonchev–Trinajstić information content (AvgIpc) is 1.20. The summed E-state index contributed by atoms with van der Waals surface area (Å²) < 4.78 is 120. The monoisotopic (exact) mass is 1560 g/mol. The average molecular weight is 1560 g/mol. The zero-order valence-electron chi connectivity index (χ0n) is 64.6. The number of aryl methyl sites for hydroxylation is 1. The van der Waals surface area contributed by atoms with Crippen LogP contribution < -0.4 is 16.0 Å². The van der Waals surface area contributed by atoms with Crippen molar-refractivity contribution in [3.05, 3.63) is 82.4 Å². The maximum atomic E-state index is 15.7. The molecule has 6 aliphatic rings. The van der Waals surface area contributed by atoms with E-state index in [-0.39, 0.29) is 69.7 Å². The van der Waals surface area contributed by atoms with Crippen LogP contribution in [0.25, 0.3) is 0 Å². The van der Waals surface area contributed by atoms with Gasteiger partial charge in [-0.25, -0.2) is 8.78 Å². The lowest BCUT2D eigenvalue weighted by atomic mass is 9.74. The number of amides is 12. The van der Waals surface area contributed by atoms with Gasteiger partial charge in [-0.1, -0.05) is 71.2 Å². The molecule has 3 N–H and O–H groups in total. The number of nitrogens with zero attached hydrogens (tertiary/aromatic N) is 9. The van der Waals surface area contributed by atoms with Crippen LogP contribution in [0.3, 0.4) is 0 Å². The van der Waals surface area contributed by atoms with E-state index in [9.17, 15) is 50.3 Å². The summed E-state index contributed by atoms with van der Waals surface area (Å²) in [5.74, 6) is -15.1. The summed E-state index contributed by atoms with van der Waals surface area (Å²) in [4.78, 5) is 192. The number of nitrogens with one attached hydrogen (secondary N) is 3. The van der Waals surface area contributed by atoms with Crippen LogP contribution >= 0.6 is 0 Å². The number of alkyl halides is 6. The molecular formula is C77H106F8N12O13. The van der Waals surface area contributed by atoms with E-state index in [0.29, 0.717) is 76.6 Å². The van der Waals surface area contributed by atoms with E-state index in [0.717, 1.165) is 55.8 Å². The molecule has 608 valence electrons. The smallest absolute Gasteiger partial charge is 0.377 e. The second-order valence-corrected chi connectivity index (χ2v) is 30.8. The molecule has 110 heavy (non-hydrogen) atoms. The fraction of sp³-hybridized carbons (Fsp3) is 0.662. The minimum absolute atomic E-state index is 0.0422. The van der Waals surface area contributed by atoms with Crippen LogP contribution in [-0.4, -0.2) is 263 Å². The van der Waals surface area contributed by atoms with Gasteiger partial charge in [-0.2, -0.15) is 26.3 Å². The molecule has 4 aliphatic heterocycles. The van der Waals surface area contributed by atoms with Crippen LogP contribution in [0.1, 0.15) is 160 Å². The number of ether oxygens (including phenoxy) is 1. The standard InChI is InChI=1S/C77H106F8N12O13/c1-12-46(5)64-72(107)90(7)44-62(100)91(8)55-24-15-14-18-35-96(71(55)106)59(39-47-25-28-50(29-26-47)76(80,81)82)69(104)89(6)43-60(98)86-54(30-27-48-37-52(78)63(53(79)38-48)77(83,84)85)68(103)97-42-51(110-13-2)40-57(97)67(102)88-75(31-21-32-75)74(109)94(11)65(49-22-16-17-23-49)73(108)93(10)58(70(105)95-33-19-20-34-95)41-61(99)92(9)56(36-45(3)4)66(101)87-64/h14-15,25-26,28-29,37-38,45-46,49,51,54-59,64-65H,12-13,16-24,27,30-36,39-44H2,1-11H3,(H,86,98)(H,87,101)(H,88,102)/b15-14-/t46-,51+,54-,55+,56-,57-,58-,59-,64-,65-/m0/s1. The number of fused-ring (bicyclic) bond motifs is 3. The Bertz CT molecular complexity index is 3710. The van der Waals surface area contributed by atoms with E-state index in [1.165, 1.54) is 49.9 Å². The van der Waals surface area contributed by atoms with Crippen molar-refractivity contribution in [2.45, 2.75) is 223 Å². The Labute approximate surface area is 636 Å². The van der Waals surface area contributed by atoms with Crippen molar-refractivity contribution in [1.29, 1.82) is 0 Å². The van der Waals surface area contributed by atoms with Crippen LogP contribution in [0.5, 0.6) is 0 Å². The second kappa shape index (κ2) is 37.0. The van der Waals surface area contributed by atoms with Crippen LogP contribution in [0.2, 0.25) is 0 Å². The van der Waals surface area contributed by atoms with E-state index in [2.05, 4.69) is 16.0 Å². The number of hydrogen-bond acceptors (Lipinski definition) is 13. The number of hydrogen-bond donors (Lipinski definition) is 3. The summed E-state index contributed by atoms with van der Waals surface area (Å²) in [6.45, 7) is 7.22. The predicted molar refractivity (Wildman–Crippen MR) is 386 cm³/mol. The summed E-state index contributed by atoms with van der Waals surface area (Å²) in [6, 6.07) is -7.21. The lowest BCUT2D eigenvalue weighted by molar-refractivity contribution is -0.158. The molecule has 10 atom stereocenters. The van der Waals surface area contributed by atoms with Crippen molar-refractivity contribution in [2.24, 2.45) is 17.8 Å². The lowest BCUT2D eigenvalue weighted by Gasteiger charge is -2.46. The van der Waals surface area contributed by atoms with E-state index < -0.39 is 222 Å². The van der Waals surface area contributed by atoms with Gasteiger partial charge in [0.25, 0.3) is 0 Å². The quantitative estimate of drug-likeness (QED) is 0.147. The van der Waals surface area contributed by atoms with Crippen LogP contribution in [0, 0.1) is 29.4 Å². The Morgan fingerprint density at radius 1 is 0.636 bits per heavy atom. The molecule has 0 radical (unpaired) electrons. The number of halogens is 8. The normalized spacial score (nSPS) is 26.6. The number of rotatable bonds is 13. The van der Waals surface area contributed by atoms with Gasteiger partial charge in [-0.15, -0.1) is 0 Å². The molecule has 1 spiro atoms. The summed E-state index contributed by atoms with van der Waals surface area (Å²) in [5, 5.41) is 8.32. The fourth-order valence-corrected chi connectivity index (χ4v) is 15.9. The Hall–Kier alpha value is -8.78. The summed E-state index contributed by atoms with van der Waals surface area (Å²) in [5.41, 5.74) is -5.23. The van der Waals surface area contributed by atoms with Crippen LogP contribution in [0.15, 0.2) is 48.6 Å². The zero-order valence-corrected chi connectivity index (χ0v) is 64.6. The van der Waals surface area contributed by atoms with E-state index >= 15 is 42.3 Å². The molecule has 4 heterocycles. The maximum absolute atomic E-state index is 15.7. The number of likely N-dealkylation sites (N-methyl/N-ethyl adjacent to an activating group) is 6. The minimum Gasteiger partial charge on any atom is -0.377 e. The number of benzene rings is 2. The predicted octanol–water partition coefficient (Wildman–Crippen LogP) is 6.27. The number of carbonyl (C=O) groups excluding carboxylic acids is 12. The van der Waals surface area contributed by atoms with Gasteiger partial charge in [0.2, 0.25) is 70.9 Å².